The van der Waals surface area contributed by atoms with E-state index in [1.807, 2.05) is 18.3 Å². The van der Waals surface area contributed by atoms with Crippen LogP contribution in [0, 0.1) is 0 Å². The summed E-state index contributed by atoms with van der Waals surface area (Å²) in [5, 5.41) is 0. The van der Waals surface area contributed by atoms with Crippen molar-refractivity contribution < 1.29 is 4.74 Å². The summed E-state index contributed by atoms with van der Waals surface area (Å²) in [6.07, 6.45) is 1.84. The van der Waals surface area contributed by atoms with Crippen LogP contribution in [-0.4, -0.2) is 18.7 Å². The highest BCUT2D eigenvalue weighted by atomic mass is 16.5. The molecule has 0 aliphatic carbocycles. The third-order valence-corrected chi connectivity index (χ3v) is 9.99. The van der Waals surface area contributed by atoms with E-state index in [2.05, 4.69) is 191 Å². The molecule has 0 fully saturated rings. The Balaban J connectivity index is 1.41. The minimum Gasteiger partial charge on any atom is -0.439 e. The van der Waals surface area contributed by atoms with Crippen LogP contribution in [0.4, 0.5) is 17.1 Å². The van der Waals surface area contributed by atoms with Crippen molar-refractivity contribution in [3.05, 3.63) is 179 Å². The summed E-state index contributed by atoms with van der Waals surface area (Å²) in [5.74, 6) is 1.34. The molecule has 6 aromatic rings. The van der Waals surface area contributed by atoms with Gasteiger partial charge in [0.15, 0.2) is 0 Å². The van der Waals surface area contributed by atoms with Gasteiger partial charge in [-0.1, -0.05) is 133 Å². The molecule has 4 heteroatoms. The summed E-state index contributed by atoms with van der Waals surface area (Å²) in [6, 6.07) is 50.4. The quantitative estimate of drug-likeness (QED) is 0.160. The third-order valence-electron chi connectivity index (χ3n) is 9.99. The maximum Gasteiger partial charge on any atom is 0.219 e. The highest BCUT2D eigenvalue weighted by molar-refractivity contribution is 5.83. The van der Waals surface area contributed by atoms with Crippen molar-refractivity contribution in [2.45, 2.75) is 57.8 Å². The van der Waals surface area contributed by atoms with E-state index in [4.69, 9.17) is 4.74 Å². The molecule has 1 aliphatic rings. The molecule has 50 heavy (non-hydrogen) atoms. The van der Waals surface area contributed by atoms with Gasteiger partial charge in [0.05, 0.1) is 23.5 Å². The zero-order valence-electron chi connectivity index (χ0n) is 30.3. The molecule has 5 aromatic carbocycles. The van der Waals surface area contributed by atoms with Crippen LogP contribution in [0.1, 0.15) is 74.9 Å². The Hall–Kier alpha value is -5.35. The SMILES string of the molecule is CN1CN(c2cccc(C(c3ccccc3)(c3ccccc3)c3cccc(Oc4cc(C(C)(C)C)ccn4)c3)c2)c2cc(C(C)(C)C)ccc21. The van der Waals surface area contributed by atoms with Crippen LogP contribution in [-0.2, 0) is 16.2 Å². The maximum atomic E-state index is 6.53. The van der Waals surface area contributed by atoms with E-state index in [1.54, 1.807) is 0 Å². The number of pyridine rings is 1. The molecule has 2 heterocycles. The predicted molar refractivity (Wildman–Crippen MR) is 208 cm³/mol. The number of fused-ring (bicyclic) bond motifs is 1. The largest absolute Gasteiger partial charge is 0.439 e. The van der Waals surface area contributed by atoms with Crippen LogP contribution >= 0.6 is 0 Å². The van der Waals surface area contributed by atoms with Crippen LogP contribution in [0.5, 0.6) is 11.6 Å². The van der Waals surface area contributed by atoms with E-state index < -0.39 is 5.41 Å². The second kappa shape index (κ2) is 12.8. The van der Waals surface area contributed by atoms with E-state index in [0.717, 1.165) is 23.7 Å². The third kappa shape index (κ3) is 6.15. The maximum absolute atomic E-state index is 6.53. The van der Waals surface area contributed by atoms with Crippen LogP contribution in [0.25, 0.3) is 0 Å². The van der Waals surface area contributed by atoms with E-state index in [9.17, 15) is 0 Å². The van der Waals surface area contributed by atoms with Crippen LogP contribution in [0.15, 0.2) is 146 Å². The predicted octanol–water partition coefficient (Wildman–Crippen LogP) is 11.4. The lowest BCUT2D eigenvalue weighted by molar-refractivity contribution is 0.457. The van der Waals surface area contributed by atoms with E-state index >= 15 is 0 Å². The summed E-state index contributed by atoms with van der Waals surface area (Å²) in [4.78, 5) is 9.36. The molecule has 0 atom stereocenters. The smallest absolute Gasteiger partial charge is 0.219 e. The van der Waals surface area contributed by atoms with Crippen molar-refractivity contribution in [1.29, 1.82) is 0 Å². The number of anilines is 3. The van der Waals surface area contributed by atoms with E-state index in [0.29, 0.717) is 5.88 Å². The van der Waals surface area contributed by atoms with Crippen LogP contribution < -0.4 is 14.5 Å². The monoisotopic (exact) mass is 657 g/mol. The zero-order valence-corrected chi connectivity index (χ0v) is 30.3. The van der Waals surface area contributed by atoms with Gasteiger partial charge < -0.3 is 14.5 Å². The summed E-state index contributed by atoms with van der Waals surface area (Å²) in [7, 11) is 2.18. The minimum atomic E-state index is -0.639. The van der Waals surface area contributed by atoms with Crippen molar-refractivity contribution in [1.82, 2.24) is 4.98 Å². The molecule has 0 unspecified atom stereocenters. The fourth-order valence-corrected chi connectivity index (χ4v) is 7.24. The Labute approximate surface area is 298 Å². The summed E-state index contributed by atoms with van der Waals surface area (Å²) in [5.41, 5.74) is 10.2. The number of aromatic nitrogens is 1. The molecule has 0 amide bonds. The van der Waals surface area contributed by atoms with Crippen molar-refractivity contribution in [3.8, 4) is 11.6 Å². The minimum absolute atomic E-state index is 0.0112. The first kappa shape index (κ1) is 33.2. The Kier molecular flexibility index (Phi) is 8.51. The van der Waals surface area contributed by atoms with Crippen LogP contribution in [0.3, 0.4) is 0 Å². The number of ether oxygens (including phenoxy) is 1. The topological polar surface area (TPSA) is 28.6 Å². The normalized spacial score (nSPS) is 13.3. The van der Waals surface area contributed by atoms with Gasteiger partial charge in [-0.2, -0.15) is 0 Å². The summed E-state index contributed by atoms with van der Waals surface area (Å²) >= 11 is 0. The van der Waals surface area contributed by atoms with Gasteiger partial charge in [0.25, 0.3) is 0 Å². The van der Waals surface area contributed by atoms with E-state index in [1.165, 1.54) is 39.2 Å². The van der Waals surface area contributed by atoms with Gasteiger partial charge in [0.1, 0.15) is 5.75 Å². The number of hydrogen-bond donors (Lipinski definition) is 0. The van der Waals surface area contributed by atoms with Gasteiger partial charge in [-0.05, 0) is 86.7 Å². The molecular weight excluding hydrogens is 611 g/mol. The Morgan fingerprint density at radius 2 is 1.10 bits per heavy atom. The molecule has 1 aliphatic heterocycles. The molecule has 7 rings (SSSR count). The Bertz CT molecular complexity index is 2070. The van der Waals surface area contributed by atoms with Crippen LogP contribution in [0.2, 0.25) is 0 Å². The summed E-state index contributed by atoms with van der Waals surface area (Å²) in [6.45, 7) is 14.2. The second-order valence-corrected chi connectivity index (χ2v) is 15.5. The average molecular weight is 658 g/mol. The second-order valence-electron chi connectivity index (χ2n) is 15.5. The number of benzene rings is 5. The lowest BCUT2D eigenvalue weighted by atomic mass is 9.65. The molecule has 0 saturated heterocycles. The Morgan fingerprint density at radius 1 is 0.520 bits per heavy atom. The van der Waals surface area contributed by atoms with Gasteiger partial charge in [0, 0.05) is 25.0 Å². The van der Waals surface area contributed by atoms with Crippen molar-refractivity contribution in [2.24, 2.45) is 0 Å². The molecule has 0 bridgehead atoms. The first-order chi connectivity index (χ1) is 23.9. The summed E-state index contributed by atoms with van der Waals surface area (Å²) < 4.78 is 6.53. The van der Waals surface area contributed by atoms with Crippen molar-refractivity contribution in [2.75, 3.05) is 23.5 Å². The van der Waals surface area contributed by atoms with Gasteiger partial charge in [-0.25, -0.2) is 4.98 Å². The molecule has 0 N–H and O–H groups in total. The average Bonchev–Trinajstić information content (AvgIpc) is 3.45. The Morgan fingerprint density at radius 3 is 1.74 bits per heavy atom. The molecule has 0 radical (unpaired) electrons. The van der Waals surface area contributed by atoms with E-state index in [-0.39, 0.29) is 10.8 Å². The van der Waals surface area contributed by atoms with Gasteiger partial charge in [-0.3, -0.25) is 0 Å². The fraction of sp³-hybridized carbons (Fsp3) is 0.239. The fourth-order valence-electron chi connectivity index (χ4n) is 7.24. The number of rotatable bonds is 7. The molecular formula is C46H47N3O. The standard InChI is InChI=1S/C46H47N3O/c1-44(2,3)35-24-25-41-42(30-35)49(32-48(41)7)39-22-14-20-37(28-39)46(33-16-10-8-11-17-33,34-18-12-9-13-19-34)38-21-15-23-40(29-38)50-43-31-36(26-27-47-43)45(4,5)6/h8-31H,32H2,1-7H3. The van der Waals surface area contributed by atoms with Gasteiger partial charge in [-0.15, -0.1) is 0 Å². The zero-order chi connectivity index (χ0) is 35.1. The lowest BCUT2D eigenvalue weighted by Crippen LogP contribution is -2.31. The number of hydrogen-bond acceptors (Lipinski definition) is 4. The molecule has 1 aromatic heterocycles. The molecule has 252 valence electrons. The van der Waals surface area contributed by atoms with Gasteiger partial charge in [0.2, 0.25) is 5.88 Å². The molecule has 0 spiro atoms. The number of nitrogens with zero attached hydrogens (tertiary/aromatic N) is 3. The first-order valence-electron chi connectivity index (χ1n) is 17.5. The van der Waals surface area contributed by atoms with Crippen molar-refractivity contribution >= 4 is 17.1 Å². The molecule has 4 nitrogen and oxygen atoms in total. The lowest BCUT2D eigenvalue weighted by Gasteiger charge is -2.37. The van der Waals surface area contributed by atoms with Crippen molar-refractivity contribution in [3.63, 3.8) is 0 Å². The van der Waals surface area contributed by atoms with Gasteiger partial charge >= 0.3 is 0 Å². The highest BCUT2D eigenvalue weighted by Gasteiger charge is 2.39. The first-order valence-corrected chi connectivity index (χ1v) is 17.5. The highest BCUT2D eigenvalue weighted by Crippen LogP contribution is 2.48. The molecule has 0 saturated carbocycles.